The minimum Gasteiger partial charge on any atom is -0.369 e. The van der Waals surface area contributed by atoms with Gasteiger partial charge in [0, 0.05) is 51.0 Å². The van der Waals surface area contributed by atoms with Crippen LogP contribution in [-0.2, 0) is 0 Å². The molecule has 1 aromatic rings. The molecule has 1 atom stereocenters. The first-order valence-electron chi connectivity index (χ1n) is 9.31. The van der Waals surface area contributed by atoms with Crippen molar-refractivity contribution in [1.29, 1.82) is 0 Å². The van der Waals surface area contributed by atoms with Crippen molar-refractivity contribution in [2.24, 2.45) is 4.99 Å². The Kier molecular flexibility index (Phi) is 5.96. The fourth-order valence-corrected chi connectivity index (χ4v) is 3.50. The van der Waals surface area contributed by atoms with Gasteiger partial charge in [0.25, 0.3) is 0 Å². The summed E-state index contributed by atoms with van der Waals surface area (Å²) in [5.74, 6) is 0.932. The molecule has 1 aromatic carbocycles. The molecule has 5 heteroatoms. The Hall–Kier alpha value is -1.75. The molecule has 0 amide bonds. The molecule has 1 saturated carbocycles. The maximum Gasteiger partial charge on any atom is 0.191 e. The Morgan fingerprint density at radius 3 is 2.71 bits per heavy atom. The van der Waals surface area contributed by atoms with Crippen LogP contribution in [0.3, 0.4) is 0 Å². The third-order valence-electron chi connectivity index (χ3n) is 5.03. The fraction of sp³-hybridized carbons (Fsp3) is 0.632. The van der Waals surface area contributed by atoms with Gasteiger partial charge in [-0.2, -0.15) is 0 Å². The van der Waals surface area contributed by atoms with Crippen LogP contribution in [0.4, 0.5) is 5.69 Å². The minimum absolute atomic E-state index is 0.460. The molecule has 24 heavy (non-hydrogen) atoms. The monoisotopic (exact) mass is 329 g/mol. The highest BCUT2D eigenvalue weighted by Crippen LogP contribution is 2.25. The van der Waals surface area contributed by atoms with Gasteiger partial charge in [-0.3, -0.25) is 9.89 Å². The van der Waals surface area contributed by atoms with Gasteiger partial charge in [-0.25, -0.2) is 0 Å². The van der Waals surface area contributed by atoms with E-state index in [9.17, 15) is 0 Å². The average Bonchev–Trinajstić information content (AvgIpc) is 3.36. The Labute approximate surface area is 146 Å². The van der Waals surface area contributed by atoms with E-state index in [1.165, 1.54) is 18.5 Å². The summed E-state index contributed by atoms with van der Waals surface area (Å²) in [6.45, 7) is 7.59. The lowest BCUT2D eigenvalue weighted by atomic mass is 10.3. The van der Waals surface area contributed by atoms with Gasteiger partial charge in [0.05, 0.1) is 0 Å². The van der Waals surface area contributed by atoms with Gasteiger partial charge in [0.15, 0.2) is 5.96 Å². The zero-order chi connectivity index (χ0) is 16.8. The lowest BCUT2D eigenvalue weighted by Gasteiger charge is -2.22. The summed E-state index contributed by atoms with van der Waals surface area (Å²) in [6.07, 6.45) is 3.90. The number of benzene rings is 1. The van der Waals surface area contributed by atoms with Crippen LogP contribution in [0.15, 0.2) is 35.3 Å². The molecule has 2 aliphatic rings. The predicted octanol–water partition coefficient (Wildman–Crippen LogP) is 1.91. The van der Waals surface area contributed by atoms with Crippen LogP contribution < -0.4 is 15.5 Å². The molecule has 0 radical (unpaired) electrons. The van der Waals surface area contributed by atoms with E-state index in [-0.39, 0.29) is 0 Å². The molecule has 0 spiro atoms. The molecule has 3 rings (SSSR count). The van der Waals surface area contributed by atoms with E-state index in [4.69, 9.17) is 0 Å². The van der Waals surface area contributed by atoms with Crippen molar-refractivity contribution in [3.05, 3.63) is 30.3 Å². The van der Waals surface area contributed by atoms with E-state index in [0.717, 1.165) is 51.1 Å². The molecule has 1 unspecified atom stereocenters. The van der Waals surface area contributed by atoms with E-state index in [1.54, 1.807) is 0 Å². The Bertz CT molecular complexity index is 526. The van der Waals surface area contributed by atoms with Gasteiger partial charge < -0.3 is 15.5 Å². The van der Waals surface area contributed by atoms with Crippen LogP contribution in [0.1, 0.15) is 26.2 Å². The lowest BCUT2D eigenvalue weighted by Crippen LogP contribution is -2.46. The average molecular weight is 329 g/mol. The standard InChI is InChI=1S/C19H31N5/c1-3-23(18-9-10-18)14-12-21-19(20-2)22-16-11-13-24(15-16)17-7-5-4-6-8-17/h4-8,16,18H,3,9-15H2,1-2H3,(H2,20,21,22). The number of hydrogen-bond donors (Lipinski definition) is 2. The number of nitrogens with one attached hydrogen (secondary N) is 2. The second-order valence-electron chi connectivity index (χ2n) is 6.77. The summed E-state index contributed by atoms with van der Waals surface area (Å²) in [5, 5.41) is 7.06. The third-order valence-corrected chi connectivity index (χ3v) is 5.03. The first-order valence-corrected chi connectivity index (χ1v) is 9.31. The van der Waals surface area contributed by atoms with Crippen molar-refractivity contribution >= 4 is 11.6 Å². The number of rotatable bonds is 7. The zero-order valence-corrected chi connectivity index (χ0v) is 15.0. The summed E-state index contributed by atoms with van der Waals surface area (Å²) in [7, 11) is 1.86. The van der Waals surface area contributed by atoms with Gasteiger partial charge in [-0.15, -0.1) is 0 Å². The quantitative estimate of drug-likeness (QED) is 0.592. The Balaban J connectivity index is 1.41. The van der Waals surface area contributed by atoms with Crippen molar-refractivity contribution in [2.45, 2.75) is 38.3 Å². The zero-order valence-electron chi connectivity index (χ0n) is 15.0. The maximum absolute atomic E-state index is 4.39. The largest absolute Gasteiger partial charge is 0.369 e. The van der Waals surface area contributed by atoms with Gasteiger partial charge >= 0.3 is 0 Å². The molecule has 1 aliphatic carbocycles. The predicted molar refractivity (Wildman–Crippen MR) is 102 cm³/mol. The van der Waals surface area contributed by atoms with E-state index in [2.05, 4.69) is 62.7 Å². The normalized spacial score (nSPS) is 21.4. The second-order valence-corrected chi connectivity index (χ2v) is 6.77. The first kappa shape index (κ1) is 17.1. The molecule has 2 fully saturated rings. The minimum atomic E-state index is 0.460. The molecular formula is C19H31N5. The summed E-state index contributed by atoms with van der Waals surface area (Å²) in [5.41, 5.74) is 1.31. The van der Waals surface area contributed by atoms with Crippen LogP contribution in [0.25, 0.3) is 0 Å². The lowest BCUT2D eigenvalue weighted by molar-refractivity contribution is 0.282. The maximum atomic E-state index is 4.39. The third kappa shape index (κ3) is 4.63. The molecule has 132 valence electrons. The molecule has 0 bridgehead atoms. The molecule has 1 heterocycles. The fourth-order valence-electron chi connectivity index (χ4n) is 3.50. The van der Waals surface area contributed by atoms with Crippen molar-refractivity contribution < 1.29 is 0 Å². The molecular weight excluding hydrogens is 298 g/mol. The van der Waals surface area contributed by atoms with Gasteiger partial charge in [0.2, 0.25) is 0 Å². The van der Waals surface area contributed by atoms with Gasteiger partial charge in [-0.1, -0.05) is 25.1 Å². The molecule has 0 aromatic heterocycles. The summed E-state index contributed by atoms with van der Waals surface area (Å²) in [4.78, 5) is 9.39. The van der Waals surface area contributed by atoms with Crippen LogP contribution in [0.2, 0.25) is 0 Å². The van der Waals surface area contributed by atoms with E-state index in [1.807, 2.05) is 7.05 Å². The van der Waals surface area contributed by atoms with Gasteiger partial charge in [-0.05, 0) is 37.9 Å². The summed E-state index contributed by atoms with van der Waals surface area (Å²) in [6, 6.07) is 12.0. The van der Waals surface area contributed by atoms with E-state index >= 15 is 0 Å². The summed E-state index contributed by atoms with van der Waals surface area (Å²) < 4.78 is 0. The highest BCUT2D eigenvalue weighted by Gasteiger charge is 2.27. The van der Waals surface area contributed by atoms with Gasteiger partial charge in [0.1, 0.15) is 0 Å². The van der Waals surface area contributed by atoms with E-state index < -0.39 is 0 Å². The SMILES string of the molecule is CCN(CCNC(=NC)NC1CCN(c2ccccc2)C1)C1CC1. The second kappa shape index (κ2) is 8.38. The van der Waals surface area contributed by atoms with Crippen LogP contribution in [-0.4, -0.2) is 62.7 Å². The number of nitrogens with zero attached hydrogens (tertiary/aromatic N) is 3. The van der Waals surface area contributed by atoms with Crippen molar-refractivity contribution in [3.63, 3.8) is 0 Å². The highest BCUT2D eigenvalue weighted by molar-refractivity contribution is 5.80. The Morgan fingerprint density at radius 1 is 1.25 bits per heavy atom. The number of likely N-dealkylation sites (N-methyl/N-ethyl adjacent to an activating group) is 1. The van der Waals surface area contributed by atoms with Crippen molar-refractivity contribution in [2.75, 3.05) is 44.7 Å². The van der Waals surface area contributed by atoms with E-state index in [0.29, 0.717) is 6.04 Å². The molecule has 1 aliphatic heterocycles. The number of hydrogen-bond acceptors (Lipinski definition) is 3. The molecule has 2 N–H and O–H groups in total. The van der Waals surface area contributed by atoms with Crippen molar-refractivity contribution in [3.8, 4) is 0 Å². The smallest absolute Gasteiger partial charge is 0.191 e. The molecule has 5 nitrogen and oxygen atoms in total. The number of guanidine groups is 1. The molecule has 1 saturated heterocycles. The number of aliphatic imine (C=N–C) groups is 1. The highest BCUT2D eigenvalue weighted by atomic mass is 15.3. The van der Waals surface area contributed by atoms with Crippen LogP contribution in [0.5, 0.6) is 0 Å². The number of anilines is 1. The van der Waals surface area contributed by atoms with Crippen molar-refractivity contribution in [1.82, 2.24) is 15.5 Å². The van der Waals surface area contributed by atoms with Crippen LogP contribution >= 0.6 is 0 Å². The Morgan fingerprint density at radius 2 is 2.04 bits per heavy atom. The van der Waals surface area contributed by atoms with Crippen LogP contribution in [0, 0.1) is 0 Å². The first-order chi connectivity index (χ1) is 11.8. The summed E-state index contributed by atoms with van der Waals surface area (Å²) >= 11 is 0. The topological polar surface area (TPSA) is 42.9 Å². The number of para-hydroxylation sites is 1.